The molecule has 0 spiro atoms. The molecular formula is C18H30N2. The van der Waals surface area contributed by atoms with E-state index in [0.29, 0.717) is 6.04 Å². The molecule has 1 aliphatic heterocycles. The Morgan fingerprint density at radius 1 is 1.15 bits per heavy atom. The Hall–Kier alpha value is -1.02. The van der Waals surface area contributed by atoms with Crippen molar-refractivity contribution in [1.82, 2.24) is 5.32 Å². The van der Waals surface area contributed by atoms with Gasteiger partial charge in [-0.2, -0.15) is 0 Å². The van der Waals surface area contributed by atoms with Crippen molar-refractivity contribution in [2.24, 2.45) is 5.92 Å². The van der Waals surface area contributed by atoms with Gasteiger partial charge in [0.05, 0.1) is 0 Å². The highest BCUT2D eigenvalue weighted by Gasteiger charge is 2.16. The number of rotatable bonds is 5. The van der Waals surface area contributed by atoms with Crippen LogP contribution in [0.2, 0.25) is 0 Å². The van der Waals surface area contributed by atoms with E-state index in [-0.39, 0.29) is 0 Å². The molecule has 20 heavy (non-hydrogen) atoms. The Balaban J connectivity index is 1.98. The fourth-order valence-corrected chi connectivity index (χ4v) is 3.23. The van der Waals surface area contributed by atoms with E-state index in [4.69, 9.17) is 0 Å². The van der Waals surface area contributed by atoms with Gasteiger partial charge < -0.3 is 10.2 Å². The molecule has 2 unspecified atom stereocenters. The third-order valence-corrected chi connectivity index (χ3v) is 4.69. The molecule has 2 nitrogen and oxygen atoms in total. The first-order valence-corrected chi connectivity index (χ1v) is 8.32. The molecule has 0 radical (unpaired) electrons. The van der Waals surface area contributed by atoms with Gasteiger partial charge in [-0.3, -0.25) is 0 Å². The molecule has 1 N–H and O–H groups in total. The maximum Gasteiger partial charge on any atom is 0.0366 e. The van der Waals surface area contributed by atoms with Crippen LogP contribution in [0.5, 0.6) is 0 Å². The van der Waals surface area contributed by atoms with E-state index in [9.17, 15) is 0 Å². The van der Waals surface area contributed by atoms with E-state index in [1.54, 1.807) is 0 Å². The summed E-state index contributed by atoms with van der Waals surface area (Å²) in [6.45, 7) is 10.2. The minimum atomic E-state index is 0.447. The first kappa shape index (κ1) is 15.4. The number of nitrogens with one attached hydrogen (secondary N) is 1. The van der Waals surface area contributed by atoms with Crippen molar-refractivity contribution < 1.29 is 0 Å². The predicted molar refractivity (Wildman–Crippen MR) is 88.4 cm³/mol. The van der Waals surface area contributed by atoms with Crippen LogP contribution in [-0.4, -0.2) is 19.6 Å². The number of nitrogens with zero attached hydrogens (tertiary/aromatic N) is 1. The lowest BCUT2D eigenvalue weighted by molar-refractivity contribution is 0.459. The monoisotopic (exact) mass is 274 g/mol. The van der Waals surface area contributed by atoms with E-state index >= 15 is 0 Å². The van der Waals surface area contributed by atoms with Gasteiger partial charge in [0.25, 0.3) is 0 Å². The van der Waals surface area contributed by atoms with Gasteiger partial charge in [-0.1, -0.05) is 32.4 Å². The zero-order valence-electron chi connectivity index (χ0n) is 13.4. The summed E-state index contributed by atoms with van der Waals surface area (Å²) in [5.41, 5.74) is 2.78. The summed E-state index contributed by atoms with van der Waals surface area (Å²) < 4.78 is 0. The van der Waals surface area contributed by atoms with Gasteiger partial charge in [0.2, 0.25) is 0 Å². The van der Waals surface area contributed by atoms with Crippen LogP contribution < -0.4 is 10.2 Å². The van der Waals surface area contributed by atoms with E-state index in [0.717, 1.165) is 12.5 Å². The van der Waals surface area contributed by atoms with Crippen molar-refractivity contribution in [3.8, 4) is 0 Å². The van der Waals surface area contributed by atoms with E-state index in [2.05, 4.69) is 55.3 Å². The van der Waals surface area contributed by atoms with Crippen molar-refractivity contribution in [3.05, 3.63) is 29.8 Å². The maximum absolute atomic E-state index is 3.47. The summed E-state index contributed by atoms with van der Waals surface area (Å²) in [6.07, 6.45) is 5.44. The summed E-state index contributed by atoms with van der Waals surface area (Å²) in [7, 11) is 0. The SMILES string of the molecule is CCNC(C)c1ccc(N2CCCC(CC)CC2)cc1. The predicted octanol–water partition coefficient (Wildman–Crippen LogP) is 4.37. The van der Waals surface area contributed by atoms with Crippen LogP contribution in [0.15, 0.2) is 24.3 Å². The lowest BCUT2D eigenvalue weighted by Gasteiger charge is -2.23. The van der Waals surface area contributed by atoms with Gasteiger partial charge in [-0.25, -0.2) is 0 Å². The molecule has 0 aliphatic carbocycles. The number of anilines is 1. The highest BCUT2D eigenvalue weighted by molar-refractivity contribution is 5.48. The summed E-state index contributed by atoms with van der Waals surface area (Å²) >= 11 is 0. The van der Waals surface area contributed by atoms with Crippen LogP contribution >= 0.6 is 0 Å². The summed E-state index contributed by atoms with van der Waals surface area (Å²) in [4.78, 5) is 2.57. The molecule has 0 aromatic heterocycles. The smallest absolute Gasteiger partial charge is 0.0366 e. The van der Waals surface area contributed by atoms with Gasteiger partial charge in [0, 0.05) is 24.8 Å². The molecule has 1 aromatic rings. The Bertz CT molecular complexity index is 385. The van der Waals surface area contributed by atoms with Crippen LogP contribution in [0.1, 0.15) is 58.1 Å². The Kier molecular flexibility index (Phi) is 5.90. The summed E-state index contributed by atoms with van der Waals surface area (Å²) in [5.74, 6) is 0.938. The number of benzene rings is 1. The zero-order chi connectivity index (χ0) is 14.4. The molecule has 1 aliphatic rings. The zero-order valence-corrected chi connectivity index (χ0v) is 13.4. The van der Waals surface area contributed by atoms with Crippen LogP contribution in [0, 0.1) is 5.92 Å². The van der Waals surface area contributed by atoms with Gasteiger partial charge in [0.15, 0.2) is 0 Å². The summed E-state index contributed by atoms with van der Waals surface area (Å²) in [5, 5.41) is 3.47. The molecule has 0 bridgehead atoms. The molecule has 2 heteroatoms. The van der Waals surface area contributed by atoms with Crippen LogP contribution in [0.4, 0.5) is 5.69 Å². The van der Waals surface area contributed by atoms with Crippen molar-refractivity contribution >= 4 is 5.69 Å². The molecular weight excluding hydrogens is 244 g/mol. The quantitative estimate of drug-likeness (QED) is 0.857. The standard InChI is InChI=1S/C18H30N2/c1-4-16-7-6-13-20(14-12-16)18-10-8-17(9-11-18)15(3)19-5-2/h8-11,15-16,19H,4-7,12-14H2,1-3H3. The number of hydrogen-bond donors (Lipinski definition) is 1. The Morgan fingerprint density at radius 2 is 1.90 bits per heavy atom. The average molecular weight is 274 g/mol. The Morgan fingerprint density at radius 3 is 2.55 bits per heavy atom. The third kappa shape index (κ3) is 3.99. The number of hydrogen-bond acceptors (Lipinski definition) is 2. The first-order chi connectivity index (χ1) is 9.74. The van der Waals surface area contributed by atoms with E-state index in [1.165, 1.54) is 50.0 Å². The second-order valence-electron chi connectivity index (χ2n) is 6.06. The average Bonchev–Trinajstić information content (AvgIpc) is 2.73. The molecule has 2 rings (SSSR count). The van der Waals surface area contributed by atoms with Crippen molar-refractivity contribution in [2.45, 2.75) is 52.5 Å². The van der Waals surface area contributed by atoms with Crippen molar-refractivity contribution in [2.75, 3.05) is 24.5 Å². The van der Waals surface area contributed by atoms with Gasteiger partial charge in [0.1, 0.15) is 0 Å². The topological polar surface area (TPSA) is 15.3 Å². The van der Waals surface area contributed by atoms with Gasteiger partial charge in [-0.05, 0) is 56.3 Å². The highest BCUT2D eigenvalue weighted by atomic mass is 15.1. The van der Waals surface area contributed by atoms with Gasteiger partial charge in [-0.15, -0.1) is 0 Å². The van der Waals surface area contributed by atoms with Crippen LogP contribution in [0.3, 0.4) is 0 Å². The van der Waals surface area contributed by atoms with Crippen molar-refractivity contribution in [3.63, 3.8) is 0 Å². The molecule has 1 aromatic carbocycles. The molecule has 1 saturated heterocycles. The molecule has 2 atom stereocenters. The van der Waals surface area contributed by atoms with Crippen LogP contribution in [0.25, 0.3) is 0 Å². The molecule has 1 heterocycles. The fraction of sp³-hybridized carbons (Fsp3) is 0.667. The highest BCUT2D eigenvalue weighted by Crippen LogP contribution is 2.25. The summed E-state index contributed by atoms with van der Waals surface area (Å²) in [6, 6.07) is 9.61. The second kappa shape index (κ2) is 7.68. The molecule has 0 saturated carbocycles. The Labute approximate surface area is 124 Å². The first-order valence-electron chi connectivity index (χ1n) is 8.32. The minimum Gasteiger partial charge on any atom is -0.372 e. The maximum atomic E-state index is 3.47. The largest absolute Gasteiger partial charge is 0.372 e. The minimum absolute atomic E-state index is 0.447. The lowest BCUT2D eigenvalue weighted by Crippen LogP contribution is -2.24. The molecule has 1 fully saturated rings. The lowest BCUT2D eigenvalue weighted by atomic mass is 9.98. The van der Waals surface area contributed by atoms with E-state index < -0.39 is 0 Å². The van der Waals surface area contributed by atoms with Gasteiger partial charge >= 0.3 is 0 Å². The van der Waals surface area contributed by atoms with Crippen LogP contribution in [-0.2, 0) is 0 Å². The molecule has 0 amide bonds. The van der Waals surface area contributed by atoms with E-state index in [1.807, 2.05) is 0 Å². The third-order valence-electron chi connectivity index (χ3n) is 4.69. The normalized spacial score (nSPS) is 21.6. The van der Waals surface area contributed by atoms with Crippen molar-refractivity contribution in [1.29, 1.82) is 0 Å². The molecule has 112 valence electrons. The second-order valence-corrected chi connectivity index (χ2v) is 6.06. The fourth-order valence-electron chi connectivity index (χ4n) is 3.23.